The van der Waals surface area contributed by atoms with E-state index in [4.69, 9.17) is 10.00 Å². The maximum Gasteiger partial charge on any atom is 0.144 e. The fraction of sp³-hybridized carbons (Fsp3) is 0.200. The molecule has 0 N–H and O–H groups in total. The molecule has 2 rings (SSSR count). The van der Waals surface area contributed by atoms with Crippen LogP contribution in [-0.4, -0.2) is 16.5 Å². The van der Waals surface area contributed by atoms with E-state index in [9.17, 15) is 0 Å². The van der Waals surface area contributed by atoms with E-state index in [1.165, 1.54) is 0 Å². The van der Waals surface area contributed by atoms with E-state index >= 15 is 0 Å². The predicted molar refractivity (Wildman–Crippen MR) is 51.2 cm³/mol. The molecule has 14 heavy (non-hydrogen) atoms. The number of nitriles is 1. The number of ether oxygens (including phenoxy) is 1. The molecule has 0 unspecified atom stereocenters. The molecule has 0 aliphatic rings. The van der Waals surface area contributed by atoms with Crippen LogP contribution in [0, 0.1) is 18.3 Å². The molecule has 2 aromatic heterocycles. The average Bonchev–Trinajstić information content (AvgIpc) is 2.61. The summed E-state index contributed by atoms with van der Waals surface area (Å²) in [5.74, 6) is 0.726. The lowest BCUT2D eigenvalue weighted by atomic mass is 10.3. The minimum Gasteiger partial charge on any atom is -0.495 e. The van der Waals surface area contributed by atoms with Gasteiger partial charge in [-0.1, -0.05) is 0 Å². The van der Waals surface area contributed by atoms with Crippen LogP contribution in [0.15, 0.2) is 18.5 Å². The summed E-state index contributed by atoms with van der Waals surface area (Å²) in [7, 11) is 1.60. The largest absolute Gasteiger partial charge is 0.495 e. The van der Waals surface area contributed by atoms with E-state index in [2.05, 4.69) is 11.1 Å². The van der Waals surface area contributed by atoms with Crippen molar-refractivity contribution in [1.29, 1.82) is 5.26 Å². The number of hydrogen-bond donors (Lipinski definition) is 0. The van der Waals surface area contributed by atoms with Crippen LogP contribution in [0.4, 0.5) is 0 Å². The van der Waals surface area contributed by atoms with Gasteiger partial charge in [-0.25, -0.2) is 4.98 Å². The maximum absolute atomic E-state index is 8.83. The van der Waals surface area contributed by atoms with Gasteiger partial charge in [0.2, 0.25) is 0 Å². The van der Waals surface area contributed by atoms with Crippen molar-refractivity contribution in [1.82, 2.24) is 9.38 Å². The van der Waals surface area contributed by atoms with Crippen LogP contribution in [0.1, 0.15) is 11.3 Å². The molecule has 0 amide bonds. The average molecular weight is 187 g/mol. The second-order valence-electron chi connectivity index (χ2n) is 3.01. The highest BCUT2D eigenvalue weighted by molar-refractivity contribution is 5.52. The molecular weight excluding hydrogens is 178 g/mol. The molecule has 0 atom stereocenters. The fourth-order valence-electron chi connectivity index (χ4n) is 1.42. The van der Waals surface area contributed by atoms with Crippen molar-refractivity contribution in [2.24, 2.45) is 0 Å². The first-order chi connectivity index (χ1) is 6.76. The number of fused-ring (bicyclic) bond motifs is 1. The maximum atomic E-state index is 8.83. The Balaban J connectivity index is 2.82. The third-order valence-electron chi connectivity index (χ3n) is 2.11. The van der Waals surface area contributed by atoms with E-state index < -0.39 is 0 Å². The number of pyridine rings is 1. The molecule has 0 bridgehead atoms. The number of hydrogen-bond acceptors (Lipinski definition) is 3. The van der Waals surface area contributed by atoms with Crippen molar-refractivity contribution in [3.05, 3.63) is 29.7 Å². The molecule has 0 saturated heterocycles. The zero-order chi connectivity index (χ0) is 10.1. The number of aryl methyl sites for hydroxylation is 1. The second kappa shape index (κ2) is 3.04. The van der Waals surface area contributed by atoms with Gasteiger partial charge in [0.1, 0.15) is 23.2 Å². The minimum absolute atomic E-state index is 0.516. The highest BCUT2D eigenvalue weighted by Gasteiger charge is 2.06. The molecule has 2 heterocycles. The van der Waals surface area contributed by atoms with E-state index in [-0.39, 0.29) is 0 Å². The van der Waals surface area contributed by atoms with Crippen LogP contribution in [0.3, 0.4) is 0 Å². The Labute approximate surface area is 81.4 Å². The van der Waals surface area contributed by atoms with Crippen LogP contribution in [0.5, 0.6) is 5.75 Å². The number of nitrogens with zero attached hydrogens (tertiary/aromatic N) is 3. The van der Waals surface area contributed by atoms with Gasteiger partial charge in [-0.05, 0) is 18.6 Å². The first-order valence-electron chi connectivity index (χ1n) is 4.18. The fourth-order valence-corrected chi connectivity index (χ4v) is 1.42. The Hall–Kier alpha value is -2.02. The molecule has 4 nitrogen and oxygen atoms in total. The normalized spacial score (nSPS) is 10.1. The van der Waals surface area contributed by atoms with Crippen LogP contribution in [0.2, 0.25) is 0 Å². The van der Waals surface area contributed by atoms with Gasteiger partial charge in [-0.2, -0.15) is 5.26 Å². The molecule has 0 aromatic carbocycles. The minimum atomic E-state index is 0.516. The van der Waals surface area contributed by atoms with Gasteiger partial charge in [0.05, 0.1) is 19.5 Å². The number of aromatic nitrogens is 2. The highest BCUT2D eigenvalue weighted by atomic mass is 16.5. The van der Waals surface area contributed by atoms with E-state index in [1.807, 2.05) is 13.0 Å². The van der Waals surface area contributed by atoms with Crippen molar-refractivity contribution in [3.63, 3.8) is 0 Å². The van der Waals surface area contributed by atoms with Gasteiger partial charge in [0.15, 0.2) is 0 Å². The molecular formula is C10H9N3O. The molecule has 4 heteroatoms. The predicted octanol–water partition coefficient (Wildman–Crippen LogP) is 1.52. The summed E-state index contributed by atoms with van der Waals surface area (Å²) >= 11 is 0. The van der Waals surface area contributed by atoms with Crippen LogP contribution in [-0.2, 0) is 0 Å². The lowest BCUT2D eigenvalue weighted by molar-refractivity contribution is 0.412. The summed E-state index contributed by atoms with van der Waals surface area (Å²) in [6.07, 6.45) is 3.32. The number of methoxy groups -OCH3 is 1. The Morgan fingerprint density at radius 3 is 3.00 bits per heavy atom. The molecule has 0 aliphatic carbocycles. The zero-order valence-electron chi connectivity index (χ0n) is 7.98. The van der Waals surface area contributed by atoms with Gasteiger partial charge in [-0.3, -0.25) is 4.40 Å². The molecule has 0 aliphatic heterocycles. The molecule has 0 radical (unpaired) electrons. The topological polar surface area (TPSA) is 50.3 Å². The summed E-state index contributed by atoms with van der Waals surface area (Å²) in [5, 5.41) is 8.83. The van der Waals surface area contributed by atoms with Gasteiger partial charge in [0, 0.05) is 0 Å². The summed E-state index contributed by atoms with van der Waals surface area (Å²) < 4.78 is 6.84. The second-order valence-corrected chi connectivity index (χ2v) is 3.01. The zero-order valence-corrected chi connectivity index (χ0v) is 7.98. The molecule has 0 spiro atoms. The third-order valence-corrected chi connectivity index (χ3v) is 2.11. The van der Waals surface area contributed by atoms with Crippen molar-refractivity contribution >= 4 is 5.65 Å². The van der Waals surface area contributed by atoms with Gasteiger partial charge in [0.25, 0.3) is 0 Å². The lowest BCUT2D eigenvalue weighted by Gasteiger charge is -2.03. The highest BCUT2D eigenvalue weighted by Crippen LogP contribution is 2.18. The summed E-state index contributed by atoms with van der Waals surface area (Å²) in [4.78, 5) is 4.15. The first-order valence-corrected chi connectivity index (χ1v) is 4.18. The first kappa shape index (κ1) is 8.57. The standard InChI is InChI=1S/C10H9N3O/c1-7-3-9(14-2)6-13-8(4-11)5-12-10(7)13/h3,5-6H,1-2H3. The van der Waals surface area contributed by atoms with Gasteiger partial charge in [-0.15, -0.1) is 0 Å². The van der Waals surface area contributed by atoms with Crippen molar-refractivity contribution in [2.75, 3.05) is 7.11 Å². The molecule has 0 fully saturated rings. The number of rotatable bonds is 1. The Bertz CT molecular complexity index is 522. The van der Waals surface area contributed by atoms with Gasteiger partial charge < -0.3 is 4.74 Å². The third kappa shape index (κ3) is 1.11. The Morgan fingerprint density at radius 2 is 2.36 bits per heavy atom. The summed E-state index contributed by atoms with van der Waals surface area (Å²) in [5.41, 5.74) is 2.30. The SMILES string of the molecule is COc1cc(C)c2ncc(C#N)n2c1. The summed E-state index contributed by atoms with van der Waals surface area (Å²) in [6.45, 7) is 1.94. The van der Waals surface area contributed by atoms with Crippen molar-refractivity contribution in [2.45, 2.75) is 6.92 Å². The van der Waals surface area contributed by atoms with Crippen LogP contribution >= 0.6 is 0 Å². The Morgan fingerprint density at radius 1 is 1.57 bits per heavy atom. The molecule has 2 aromatic rings. The van der Waals surface area contributed by atoms with E-state index in [0.717, 1.165) is 17.0 Å². The summed E-state index contributed by atoms with van der Waals surface area (Å²) in [6, 6.07) is 3.97. The van der Waals surface area contributed by atoms with E-state index in [0.29, 0.717) is 5.69 Å². The quantitative estimate of drug-likeness (QED) is 0.680. The molecule has 0 saturated carbocycles. The lowest BCUT2D eigenvalue weighted by Crippen LogP contribution is -1.93. The van der Waals surface area contributed by atoms with Crippen molar-refractivity contribution < 1.29 is 4.74 Å². The Kier molecular flexibility index (Phi) is 1.86. The van der Waals surface area contributed by atoms with Gasteiger partial charge >= 0.3 is 0 Å². The monoisotopic (exact) mass is 187 g/mol. The van der Waals surface area contributed by atoms with E-state index in [1.54, 1.807) is 23.9 Å². The smallest absolute Gasteiger partial charge is 0.144 e. The van der Waals surface area contributed by atoms with Crippen LogP contribution < -0.4 is 4.74 Å². The van der Waals surface area contributed by atoms with Crippen LogP contribution in [0.25, 0.3) is 5.65 Å². The molecule has 70 valence electrons. The number of imidazole rings is 1. The van der Waals surface area contributed by atoms with Crippen molar-refractivity contribution in [3.8, 4) is 11.8 Å².